The second-order valence-corrected chi connectivity index (χ2v) is 6.19. The largest absolute Gasteiger partial charge is 0.340 e. The van der Waals surface area contributed by atoms with E-state index in [1.165, 1.54) is 29.0 Å². The summed E-state index contributed by atoms with van der Waals surface area (Å²) in [4.78, 5) is 15.8. The molecule has 0 radical (unpaired) electrons. The Morgan fingerprint density at radius 3 is 2.25 bits per heavy atom. The van der Waals surface area contributed by atoms with Crippen molar-refractivity contribution in [2.45, 2.75) is 27.7 Å². The normalized spacial score (nSPS) is 10.7. The smallest absolute Gasteiger partial charge is 0.221 e. The molecule has 3 rings (SSSR count). The van der Waals surface area contributed by atoms with Crippen LogP contribution in [-0.2, 0) is 4.79 Å². The molecule has 0 unspecified atom stereocenters. The summed E-state index contributed by atoms with van der Waals surface area (Å²) >= 11 is 0. The Labute approximate surface area is 141 Å². The van der Waals surface area contributed by atoms with E-state index in [1.54, 1.807) is 0 Å². The summed E-state index contributed by atoms with van der Waals surface area (Å²) in [6, 6.07) is 14.0. The molecule has 0 saturated carbocycles. The first kappa shape index (κ1) is 16.0. The van der Waals surface area contributed by atoms with Gasteiger partial charge in [0.25, 0.3) is 0 Å². The molecular formula is C20H21N3O. The fourth-order valence-corrected chi connectivity index (χ4v) is 2.90. The van der Waals surface area contributed by atoms with Crippen molar-refractivity contribution < 1.29 is 4.79 Å². The van der Waals surface area contributed by atoms with Gasteiger partial charge in [-0.15, -0.1) is 0 Å². The van der Waals surface area contributed by atoms with Gasteiger partial charge in [0.1, 0.15) is 5.82 Å². The Morgan fingerprint density at radius 1 is 0.917 bits per heavy atom. The van der Waals surface area contributed by atoms with Crippen LogP contribution in [0.2, 0.25) is 0 Å². The molecule has 0 saturated heterocycles. The molecule has 4 nitrogen and oxygen atoms in total. The Hall–Kier alpha value is -2.88. The molecule has 0 aliphatic rings. The molecule has 1 aromatic heterocycles. The lowest BCUT2D eigenvalue weighted by atomic mass is 10.0. The predicted octanol–water partition coefficient (Wildman–Crippen LogP) is 4.86. The molecule has 0 atom stereocenters. The maximum absolute atomic E-state index is 11.1. The Bertz CT molecular complexity index is 914. The number of aromatic nitrogens is 1. The van der Waals surface area contributed by atoms with Gasteiger partial charge in [-0.05, 0) is 68.3 Å². The minimum absolute atomic E-state index is 0.0756. The number of benzene rings is 2. The van der Waals surface area contributed by atoms with E-state index < -0.39 is 0 Å². The predicted molar refractivity (Wildman–Crippen MR) is 100.0 cm³/mol. The molecule has 0 aliphatic heterocycles. The van der Waals surface area contributed by atoms with E-state index in [4.69, 9.17) is 4.98 Å². The maximum Gasteiger partial charge on any atom is 0.221 e. The molecule has 4 heteroatoms. The summed E-state index contributed by atoms with van der Waals surface area (Å²) in [5.74, 6) is 0.743. The van der Waals surface area contributed by atoms with Crippen molar-refractivity contribution in [1.82, 2.24) is 4.98 Å². The van der Waals surface area contributed by atoms with E-state index >= 15 is 0 Å². The van der Waals surface area contributed by atoms with Gasteiger partial charge in [0.05, 0.1) is 5.52 Å². The van der Waals surface area contributed by atoms with E-state index in [2.05, 4.69) is 49.6 Å². The SMILES string of the molecule is CC(=O)Nc1ccc(Nc2cc(C)c3cc(C)cc(C)c3n2)cc1. The highest BCUT2D eigenvalue weighted by atomic mass is 16.1. The van der Waals surface area contributed by atoms with E-state index in [1.807, 2.05) is 24.3 Å². The number of fused-ring (bicyclic) bond motifs is 1. The number of aryl methyl sites for hydroxylation is 3. The number of carbonyl (C=O) groups is 1. The Balaban J connectivity index is 1.91. The van der Waals surface area contributed by atoms with Gasteiger partial charge in [-0.3, -0.25) is 4.79 Å². The lowest BCUT2D eigenvalue weighted by Gasteiger charge is -2.12. The lowest BCUT2D eigenvalue weighted by molar-refractivity contribution is -0.114. The number of nitrogens with one attached hydrogen (secondary N) is 2. The van der Waals surface area contributed by atoms with Crippen molar-refractivity contribution in [3.63, 3.8) is 0 Å². The van der Waals surface area contributed by atoms with Crippen molar-refractivity contribution in [2.75, 3.05) is 10.6 Å². The summed E-state index contributed by atoms with van der Waals surface area (Å²) in [6.45, 7) is 7.80. The number of pyridine rings is 1. The average Bonchev–Trinajstić information content (AvgIpc) is 2.50. The highest BCUT2D eigenvalue weighted by Gasteiger charge is 2.07. The van der Waals surface area contributed by atoms with Crippen LogP contribution in [0.3, 0.4) is 0 Å². The zero-order valence-corrected chi connectivity index (χ0v) is 14.4. The molecule has 0 aliphatic carbocycles. The first-order valence-electron chi connectivity index (χ1n) is 7.95. The second kappa shape index (κ2) is 6.32. The van der Waals surface area contributed by atoms with Gasteiger partial charge >= 0.3 is 0 Å². The summed E-state index contributed by atoms with van der Waals surface area (Å²) in [6.07, 6.45) is 0. The number of hydrogen-bond donors (Lipinski definition) is 2. The van der Waals surface area contributed by atoms with Crippen molar-refractivity contribution in [2.24, 2.45) is 0 Å². The van der Waals surface area contributed by atoms with Crippen molar-refractivity contribution >= 4 is 34.0 Å². The average molecular weight is 319 g/mol. The van der Waals surface area contributed by atoms with Crippen LogP contribution in [0.1, 0.15) is 23.6 Å². The molecule has 3 aromatic rings. The quantitative estimate of drug-likeness (QED) is 0.724. The second-order valence-electron chi connectivity index (χ2n) is 6.19. The van der Waals surface area contributed by atoms with E-state index in [0.717, 1.165) is 22.7 Å². The van der Waals surface area contributed by atoms with Gasteiger partial charge in [0.15, 0.2) is 0 Å². The van der Waals surface area contributed by atoms with E-state index in [0.29, 0.717) is 0 Å². The molecule has 24 heavy (non-hydrogen) atoms. The van der Waals surface area contributed by atoms with Gasteiger partial charge in [-0.1, -0.05) is 11.6 Å². The molecule has 1 amide bonds. The Morgan fingerprint density at radius 2 is 1.58 bits per heavy atom. The van der Waals surface area contributed by atoms with E-state index in [9.17, 15) is 4.79 Å². The first-order chi connectivity index (χ1) is 11.4. The van der Waals surface area contributed by atoms with Crippen molar-refractivity contribution in [3.05, 3.63) is 59.2 Å². The van der Waals surface area contributed by atoms with Gasteiger partial charge in [0.2, 0.25) is 5.91 Å². The third-order valence-electron chi connectivity index (χ3n) is 3.93. The minimum atomic E-state index is -0.0756. The Kier molecular flexibility index (Phi) is 4.21. The standard InChI is InChI=1S/C20H21N3O/c1-12-9-14(3)20-18(10-12)13(2)11-19(23-20)22-17-7-5-16(6-8-17)21-15(4)24/h5-11H,1-4H3,(H,21,24)(H,22,23). The van der Waals surface area contributed by atoms with Gasteiger partial charge in [-0.2, -0.15) is 0 Å². The van der Waals surface area contributed by atoms with Crippen LogP contribution in [0.25, 0.3) is 10.9 Å². The highest BCUT2D eigenvalue weighted by molar-refractivity contribution is 5.89. The van der Waals surface area contributed by atoms with Crippen LogP contribution in [0.15, 0.2) is 42.5 Å². The number of rotatable bonds is 3. The fraction of sp³-hybridized carbons (Fsp3) is 0.200. The van der Waals surface area contributed by atoms with Crippen molar-refractivity contribution in [3.8, 4) is 0 Å². The number of anilines is 3. The van der Waals surface area contributed by atoms with Crippen LogP contribution >= 0.6 is 0 Å². The summed E-state index contributed by atoms with van der Waals surface area (Å²) in [5, 5.41) is 7.29. The summed E-state index contributed by atoms with van der Waals surface area (Å²) in [7, 11) is 0. The van der Waals surface area contributed by atoms with Crippen LogP contribution < -0.4 is 10.6 Å². The number of amides is 1. The summed E-state index contributed by atoms with van der Waals surface area (Å²) in [5.41, 5.74) is 6.36. The van der Waals surface area contributed by atoms with Crippen LogP contribution in [0.5, 0.6) is 0 Å². The highest BCUT2D eigenvalue weighted by Crippen LogP contribution is 2.26. The third-order valence-corrected chi connectivity index (χ3v) is 3.93. The zero-order valence-electron chi connectivity index (χ0n) is 14.4. The maximum atomic E-state index is 11.1. The summed E-state index contributed by atoms with van der Waals surface area (Å²) < 4.78 is 0. The minimum Gasteiger partial charge on any atom is -0.340 e. The van der Waals surface area contributed by atoms with Gasteiger partial charge in [0, 0.05) is 23.7 Å². The van der Waals surface area contributed by atoms with Crippen LogP contribution in [0, 0.1) is 20.8 Å². The molecule has 1 heterocycles. The van der Waals surface area contributed by atoms with Crippen LogP contribution in [0.4, 0.5) is 17.2 Å². The van der Waals surface area contributed by atoms with Crippen molar-refractivity contribution in [1.29, 1.82) is 0 Å². The number of hydrogen-bond acceptors (Lipinski definition) is 3. The molecule has 0 fully saturated rings. The number of carbonyl (C=O) groups excluding carboxylic acids is 1. The molecular weight excluding hydrogens is 298 g/mol. The molecule has 2 aromatic carbocycles. The lowest BCUT2D eigenvalue weighted by Crippen LogP contribution is -2.05. The topological polar surface area (TPSA) is 54.0 Å². The molecule has 122 valence electrons. The van der Waals surface area contributed by atoms with E-state index in [-0.39, 0.29) is 5.91 Å². The monoisotopic (exact) mass is 319 g/mol. The van der Waals surface area contributed by atoms with Crippen LogP contribution in [-0.4, -0.2) is 10.9 Å². The molecule has 0 spiro atoms. The zero-order chi connectivity index (χ0) is 17.3. The third kappa shape index (κ3) is 3.38. The fourth-order valence-electron chi connectivity index (χ4n) is 2.90. The molecule has 0 bridgehead atoms. The van der Waals surface area contributed by atoms with Gasteiger partial charge in [-0.25, -0.2) is 4.98 Å². The first-order valence-corrected chi connectivity index (χ1v) is 7.95. The molecule has 2 N–H and O–H groups in total. The van der Waals surface area contributed by atoms with Gasteiger partial charge < -0.3 is 10.6 Å². The number of nitrogens with zero attached hydrogens (tertiary/aromatic N) is 1.